The molecule has 0 radical (unpaired) electrons. The number of unbranched alkanes of at least 4 members (excludes halogenated alkanes) is 6. The number of hydrogen-bond acceptors (Lipinski definition) is 3. The molecule has 22 heavy (non-hydrogen) atoms. The molecule has 122 valence electrons. The van der Waals surface area contributed by atoms with E-state index in [2.05, 4.69) is 19.1 Å². The van der Waals surface area contributed by atoms with Crippen molar-refractivity contribution in [3.05, 3.63) is 24.3 Å². The fourth-order valence-electron chi connectivity index (χ4n) is 2.10. The van der Waals surface area contributed by atoms with Gasteiger partial charge in [-0.05, 0) is 38.5 Å². The molecule has 4 heteroatoms. The van der Waals surface area contributed by atoms with E-state index in [1.807, 2.05) is 12.2 Å². The van der Waals surface area contributed by atoms with Gasteiger partial charge in [0.1, 0.15) is 0 Å². The second-order valence-electron chi connectivity index (χ2n) is 5.52. The van der Waals surface area contributed by atoms with Gasteiger partial charge in [-0.25, -0.2) is 0 Å². The Balaban J connectivity index is 0. The summed E-state index contributed by atoms with van der Waals surface area (Å²) in [5.41, 5.74) is 0. The van der Waals surface area contributed by atoms with Crippen molar-refractivity contribution in [3.8, 4) is 0 Å². The van der Waals surface area contributed by atoms with Gasteiger partial charge in [-0.3, -0.25) is 0 Å². The van der Waals surface area contributed by atoms with Crippen molar-refractivity contribution >= 4 is 5.97 Å². The Bertz CT molecular complexity index is 301. The summed E-state index contributed by atoms with van der Waals surface area (Å²) in [6.45, 7) is 2.13. The Morgan fingerprint density at radius 2 is 1.73 bits per heavy atom. The van der Waals surface area contributed by atoms with Crippen LogP contribution in [0.4, 0.5) is 0 Å². The number of carbonyl (C=O) groups excluding carboxylic acids is 1. The van der Waals surface area contributed by atoms with E-state index in [1.54, 1.807) is 0 Å². The molecule has 1 N–H and O–H groups in total. The van der Waals surface area contributed by atoms with Crippen LogP contribution in [-0.4, -0.2) is 17.2 Å². The summed E-state index contributed by atoms with van der Waals surface area (Å²) < 4.78 is 0. The number of rotatable bonds is 14. The first kappa shape index (κ1) is 24.8. The second kappa shape index (κ2) is 19.6. The van der Waals surface area contributed by atoms with Crippen molar-refractivity contribution in [2.45, 2.75) is 83.7 Å². The maximum Gasteiger partial charge on any atom is 1.00 e. The third-order valence-electron chi connectivity index (χ3n) is 3.40. The van der Waals surface area contributed by atoms with Crippen LogP contribution < -0.4 is 56.5 Å². The molecular formula is C18H31KO3. The maximum absolute atomic E-state index is 10.2. The average Bonchev–Trinajstić information content (AvgIpc) is 2.45. The molecule has 0 aliphatic carbocycles. The van der Waals surface area contributed by atoms with E-state index >= 15 is 0 Å². The SMILES string of the molecule is CCCCC(O)/C=C\C/C=C\CCCCCCCC(=O)[O-].[K+]. The molecule has 0 heterocycles. The summed E-state index contributed by atoms with van der Waals surface area (Å²) in [6.07, 6.45) is 18.3. The largest absolute Gasteiger partial charge is 1.00 e. The zero-order valence-corrected chi connectivity index (χ0v) is 17.6. The van der Waals surface area contributed by atoms with Gasteiger partial charge in [-0.2, -0.15) is 0 Å². The normalized spacial score (nSPS) is 12.6. The van der Waals surface area contributed by atoms with Gasteiger partial charge < -0.3 is 15.0 Å². The van der Waals surface area contributed by atoms with Crippen LogP contribution in [0.25, 0.3) is 0 Å². The smallest absolute Gasteiger partial charge is 0.550 e. The second-order valence-corrected chi connectivity index (χ2v) is 5.52. The number of aliphatic hydroxyl groups excluding tert-OH is 1. The average molecular weight is 335 g/mol. The van der Waals surface area contributed by atoms with Gasteiger partial charge in [0, 0.05) is 5.97 Å². The quantitative estimate of drug-likeness (QED) is 0.286. The van der Waals surface area contributed by atoms with Crippen LogP contribution in [-0.2, 0) is 4.79 Å². The summed E-state index contributed by atoms with van der Waals surface area (Å²) >= 11 is 0. The zero-order chi connectivity index (χ0) is 15.8. The van der Waals surface area contributed by atoms with E-state index in [1.165, 1.54) is 0 Å². The zero-order valence-electron chi connectivity index (χ0n) is 14.4. The van der Waals surface area contributed by atoms with E-state index in [9.17, 15) is 15.0 Å². The molecule has 0 saturated heterocycles. The maximum atomic E-state index is 10.2. The molecule has 0 amide bonds. The molecule has 0 aliphatic rings. The molecule has 0 aromatic rings. The minimum absolute atomic E-state index is 0. The number of hydrogen-bond donors (Lipinski definition) is 1. The van der Waals surface area contributed by atoms with Gasteiger partial charge in [-0.15, -0.1) is 0 Å². The summed E-state index contributed by atoms with van der Waals surface area (Å²) in [5, 5.41) is 19.8. The Hall–Kier alpha value is 0.546. The van der Waals surface area contributed by atoms with Gasteiger partial charge in [-0.1, -0.05) is 63.3 Å². The van der Waals surface area contributed by atoms with Gasteiger partial charge >= 0.3 is 51.4 Å². The number of carbonyl (C=O) groups is 1. The van der Waals surface area contributed by atoms with Crippen molar-refractivity contribution in [1.82, 2.24) is 0 Å². The van der Waals surface area contributed by atoms with Crippen molar-refractivity contribution < 1.29 is 66.4 Å². The molecule has 3 nitrogen and oxygen atoms in total. The van der Waals surface area contributed by atoms with E-state index in [4.69, 9.17) is 0 Å². The molecule has 0 saturated carbocycles. The van der Waals surface area contributed by atoms with E-state index < -0.39 is 5.97 Å². The fraction of sp³-hybridized carbons (Fsp3) is 0.722. The van der Waals surface area contributed by atoms with Gasteiger partial charge in [0.2, 0.25) is 0 Å². The Kier molecular flexibility index (Phi) is 22.1. The van der Waals surface area contributed by atoms with E-state index in [-0.39, 0.29) is 63.9 Å². The number of aliphatic carboxylic acids is 1. The Morgan fingerprint density at radius 3 is 2.41 bits per heavy atom. The minimum atomic E-state index is -0.939. The molecule has 1 unspecified atom stereocenters. The van der Waals surface area contributed by atoms with Crippen LogP contribution in [0, 0.1) is 0 Å². The van der Waals surface area contributed by atoms with Crippen LogP contribution in [0.3, 0.4) is 0 Å². The number of allylic oxidation sites excluding steroid dienone is 3. The van der Waals surface area contributed by atoms with Crippen LogP contribution in [0.5, 0.6) is 0 Å². The van der Waals surface area contributed by atoms with Crippen molar-refractivity contribution in [3.63, 3.8) is 0 Å². The Morgan fingerprint density at radius 1 is 1.05 bits per heavy atom. The van der Waals surface area contributed by atoms with E-state index in [0.717, 1.165) is 64.2 Å². The third kappa shape index (κ3) is 20.5. The molecule has 0 aromatic heterocycles. The van der Waals surface area contributed by atoms with Crippen LogP contribution in [0.15, 0.2) is 24.3 Å². The molecule has 0 aromatic carbocycles. The molecular weight excluding hydrogens is 303 g/mol. The molecule has 0 bridgehead atoms. The summed E-state index contributed by atoms with van der Waals surface area (Å²) in [7, 11) is 0. The predicted molar refractivity (Wildman–Crippen MR) is 85.8 cm³/mol. The first-order valence-electron chi connectivity index (χ1n) is 8.36. The Labute approximate surface area is 178 Å². The fourth-order valence-corrected chi connectivity index (χ4v) is 2.10. The molecule has 0 aliphatic heterocycles. The monoisotopic (exact) mass is 334 g/mol. The number of aliphatic hydroxyl groups is 1. The van der Waals surface area contributed by atoms with Crippen molar-refractivity contribution in [2.75, 3.05) is 0 Å². The van der Waals surface area contributed by atoms with Crippen LogP contribution in [0.1, 0.15) is 77.6 Å². The standard InChI is InChI=1S/C18H32O3.K/c1-2-3-14-17(19)15-12-10-8-6-4-5-7-9-11-13-16-18(20)21;/h6,8,12,15,17,19H,2-5,7,9-11,13-14,16H2,1H3,(H,20,21);/q;+1/p-1/b8-6-,15-12-;. The summed E-state index contributed by atoms with van der Waals surface area (Å²) in [4.78, 5) is 10.2. The predicted octanol–water partition coefficient (Wildman–Crippen LogP) is 0.525. The van der Waals surface area contributed by atoms with Gasteiger partial charge in [0.25, 0.3) is 0 Å². The van der Waals surface area contributed by atoms with Crippen molar-refractivity contribution in [2.24, 2.45) is 0 Å². The number of carboxylic acid groups (broad SMARTS) is 1. The number of carboxylic acids is 1. The molecule has 0 rings (SSSR count). The van der Waals surface area contributed by atoms with Crippen LogP contribution >= 0.6 is 0 Å². The molecule has 0 fully saturated rings. The van der Waals surface area contributed by atoms with Crippen molar-refractivity contribution in [1.29, 1.82) is 0 Å². The van der Waals surface area contributed by atoms with Crippen LogP contribution in [0.2, 0.25) is 0 Å². The molecule has 1 atom stereocenters. The third-order valence-corrected chi connectivity index (χ3v) is 3.40. The van der Waals surface area contributed by atoms with E-state index in [0.29, 0.717) is 0 Å². The summed E-state index contributed by atoms with van der Waals surface area (Å²) in [6, 6.07) is 0. The summed E-state index contributed by atoms with van der Waals surface area (Å²) in [5.74, 6) is -0.939. The van der Waals surface area contributed by atoms with Gasteiger partial charge in [0.15, 0.2) is 0 Å². The van der Waals surface area contributed by atoms with Gasteiger partial charge in [0.05, 0.1) is 6.10 Å². The topological polar surface area (TPSA) is 60.4 Å². The minimum Gasteiger partial charge on any atom is -0.550 e. The first-order chi connectivity index (χ1) is 10.2. The first-order valence-corrected chi connectivity index (χ1v) is 8.36. The molecule has 0 spiro atoms.